The van der Waals surface area contributed by atoms with Crippen molar-refractivity contribution in [3.63, 3.8) is 0 Å². The first-order chi connectivity index (χ1) is 10.2. The Morgan fingerprint density at radius 3 is 3.05 bits per heavy atom. The first-order valence-corrected chi connectivity index (χ1v) is 8.44. The van der Waals surface area contributed by atoms with E-state index < -0.39 is 0 Å². The second-order valence-electron chi connectivity index (χ2n) is 5.36. The van der Waals surface area contributed by atoms with Gasteiger partial charge in [-0.15, -0.1) is 0 Å². The standard InChI is InChI=1S/C16H24BrN3O/c1-2-18-16(20-10-8-15(21)12-20)19-9-4-6-13-5-3-7-14(17)11-13/h3,5,7,11,15,21H,2,4,6,8-10,12H2,1H3,(H,18,19)/t15-/m1/s1. The van der Waals surface area contributed by atoms with Crippen LogP contribution >= 0.6 is 15.9 Å². The van der Waals surface area contributed by atoms with Crippen molar-refractivity contribution in [2.45, 2.75) is 32.3 Å². The van der Waals surface area contributed by atoms with E-state index in [2.05, 4.69) is 56.3 Å². The van der Waals surface area contributed by atoms with Crippen LogP contribution in [0.25, 0.3) is 0 Å². The molecule has 21 heavy (non-hydrogen) atoms. The molecular weight excluding hydrogens is 330 g/mol. The van der Waals surface area contributed by atoms with Gasteiger partial charge in [0.1, 0.15) is 0 Å². The Labute approximate surface area is 135 Å². The Bertz CT molecular complexity index is 478. The topological polar surface area (TPSA) is 47.9 Å². The Hall–Kier alpha value is -1.07. The molecule has 0 spiro atoms. The number of aliphatic hydroxyl groups is 1. The van der Waals surface area contributed by atoms with Gasteiger partial charge in [0.2, 0.25) is 0 Å². The van der Waals surface area contributed by atoms with E-state index in [9.17, 15) is 5.11 Å². The quantitative estimate of drug-likeness (QED) is 0.485. The summed E-state index contributed by atoms with van der Waals surface area (Å²) in [5, 5.41) is 12.9. The second kappa shape index (κ2) is 8.39. The lowest BCUT2D eigenvalue weighted by Crippen LogP contribution is -2.40. The molecular formula is C16H24BrN3O. The number of nitrogens with zero attached hydrogens (tertiary/aromatic N) is 2. The van der Waals surface area contributed by atoms with Crippen molar-refractivity contribution in [2.75, 3.05) is 26.2 Å². The number of β-amino-alcohol motifs (C(OH)–C–C–N with tert-alkyl or cyclic N) is 1. The highest BCUT2D eigenvalue weighted by atomic mass is 79.9. The Kier molecular flexibility index (Phi) is 6.51. The number of benzene rings is 1. The molecule has 5 heteroatoms. The first-order valence-electron chi connectivity index (χ1n) is 7.65. The zero-order valence-electron chi connectivity index (χ0n) is 12.6. The highest BCUT2D eigenvalue weighted by molar-refractivity contribution is 9.10. The van der Waals surface area contributed by atoms with Crippen LogP contribution in [0.15, 0.2) is 33.7 Å². The Morgan fingerprint density at radius 2 is 2.38 bits per heavy atom. The van der Waals surface area contributed by atoms with Gasteiger partial charge < -0.3 is 15.3 Å². The molecule has 1 atom stereocenters. The maximum Gasteiger partial charge on any atom is 0.194 e. The molecule has 1 aliphatic rings. The van der Waals surface area contributed by atoms with Gasteiger partial charge in [-0.1, -0.05) is 28.1 Å². The third-order valence-electron chi connectivity index (χ3n) is 3.57. The minimum atomic E-state index is -0.212. The van der Waals surface area contributed by atoms with Gasteiger partial charge in [0, 0.05) is 30.7 Å². The average molecular weight is 354 g/mol. The smallest absolute Gasteiger partial charge is 0.194 e. The predicted octanol–water partition coefficient (Wildman–Crippen LogP) is 2.41. The summed E-state index contributed by atoms with van der Waals surface area (Å²) < 4.78 is 1.13. The van der Waals surface area contributed by atoms with Gasteiger partial charge in [0.05, 0.1) is 6.10 Å². The molecule has 0 amide bonds. The number of halogens is 1. The van der Waals surface area contributed by atoms with E-state index >= 15 is 0 Å². The molecule has 4 nitrogen and oxygen atoms in total. The zero-order chi connectivity index (χ0) is 15.1. The normalized spacial score (nSPS) is 19.1. The third-order valence-corrected chi connectivity index (χ3v) is 4.07. The monoisotopic (exact) mass is 353 g/mol. The SMILES string of the molecule is CCNC(=NCCCc1cccc(Br)c1)N1CC[C@@H](O)C1. The van der Waals surface area contributed by atoms with E-state index in [-0.39, 0.29) is 6.10 Å². The Balaban J connectivity index is 1.82. The van der Waals surface area contributed by atoms with Crippen molar-refractivity contribution in [3.05, 3.63) is 34.3 Å². The molecule has 0 saturated carbocycles. The maximum atomic E-state index is 9.63. The first kappa shape index (κ1) is 16.3. The van der Waals surface area contributed by atoms with Crippen molar-refractivity contribution in [1.29, 1.82) is 0 Å². The van der Waals surface area contributed by atoms with Gasteiger partial charge in [-0.2, -0.15) is 0 Å². The fourth-order valence-electron chi connectivity index (χ4n) is 2.52. The summed E-state index contributed by atoms with van der Waals surface area (Å²) in [6.07, 6.45) is 2.69. The van der Waals surface area contributed by atoms with Crippen LogP contribution in [-0.4, -0.2) is 48.2 Å². The molecule has 0 bridgehead atoms. The van der Waals surface area contributed by atoms with Crippen LogP contribution in [-0.2, 0) is 6.42 Å². The molecule has 1 heterocycles. The number of hydrogen-bond acceptors (Lipinski definition) is 2. The Morgan fingerprint density at radius 1 is 1.52 bits per heavy atom. The van der Waals surface area contributed by atoms with E-state index in [4.69, 9.17) is 0 Å². The van der Waals surface area contributed by atoms with Crippen molar-refractivity contribution in [3.8, 4) is 0 Å². The van der Waals surface area contributed by atoms with E-state index in [1.165, 1.54) is 5.56 Å². The molecule has 0 aliphatic carbocycles. The van der Waals surface area contributed by atoms with Crippen molar-refractivity contribution in [2.24, 2.45) is 4.99 Å². The number of aryl methyl sites for hydroxylation is 1. The number of hydrogen-bond donors (Lipinski definition) is 2. The van der Waals surface area contributed by atoms with Crippen molar-refractivity contribution < 1.29 is 5.11 Å². The lowest BCUT2D eigenvalue weighted by atomic mass is 10.1. The van der Waals surface area contributed by atoms with Gasteiger partial charge in [0.15, 0.2) is 5.96 Å². The predicted molar refractivity (Wildman–Crippen MR) is 90.6 cm³/mol. The van der Waals surface area contributed by atoms with E-state index in [0.717, 1.165) is 49.3 Å². The summed E-state index contributed by atoms with van der Waals surface area (Å²) in [7, 11) is 0. The molecule has 2 rings (SSSR count). The molecule has 0 radical (unpaired) electrons. The summed E-state index contributed by atoms with van der Waals surface area (Å²) >= 11 is 3.50. The largest absolute Gasteiger partial charge is 0.391 e. The van der Waals surface area contributed by atoms with E-state index in [0.29, 0.717) is 6.54 Å². The van der Waals surface area contributed by atoms with Gasteiger partial charge in [-0.3, -0.25) is 4.99 Å². The third kappa shape index (κ3) is 5.32. The fourth-order valence-corrected chi connectivity index (χ4v) is 2.97. The summed E-state index contributed by atoms with van der Waals surface area (Å²) in [6.45, 7) is 5.32. The number of rotatable bonds is 5. The number of likely N-dealkylation sites (tertiary alicyclic amines) is 1. The summed E-state index contributed by atoms with van der Waals surface area (Å²) in [5.74, 6) is 0.934. The minimum Gasteiger partial charge on any atom is -0.391 e. The van der Waals surface area contributed by atoms with E-state index in [1.54, 1.807) is 0 Å². The maximum absolute atomic E-state index is 9.63. The number of nitrogens with one attached hydrogen (secondary N) is 1. The second-order valence-corrected chi connectivity index (χ2v) is 6.27. The van der Waals surface area contributed by atoms with Gasteiger partial charge in [-0.25, -0.2) is 0 Å². The van der Waals surface area contributed by atoms with Crippen LogP contribution in [0.5, 0.6) is 0 Å². The van der Waals surface area contributed by atoms with Crippen LogP contribution in [0, 0.1) is 0 Å². The van der Waals surface area contributed by atoms with Crippen LogP contribution in [0.4, 0.5) is 0 Å². The molecule has 2 N–H and O–H groups in total. The molecule has 1 aliphatic heterocycles. The lowest BCUT2D eigenvalue weighted by molar-refractivity contribution is 0.188. The molecule has 0 aromatic heterocycles. The zero-order valence-corrected chi connectivity index (χ0v) is 14.1. The van der Waals surface area contributed by atoms with Gasteiger partial charge in [-0.05, 0) is 43.9 Å². The number of aliphatic imine (C=N–C) groups is 1. The van der Waals surface area contributed by atoms with Crippen LogP contribution in [0.1, 0.15) is 25.3 Å². The molecule has 1 saturated heterocycles. The lowest BCUT2D eigenvalue weighted by Gasteiger charge is -2.20. The average Bonchev–Trinajstić information content (AvgIpc) is 2.89. The van der Waals surface area contributed by atoms with Crippen LogP contribution in [0.3, 0.4) is 0 Å². The summed E-state index contributed by atoms with van der Waals surface area (Å²) in [5.41, 5.74) is 1.33. The number of aliphatic hydroxyl groups excluding tert-OH is 1. The minimum absolute atomic E-state index is 0.212. The van der Waals surface area contributed by atoms with Crippen molar-refractivity contribution >= 4 is 21.9 Å². The van der Waals surface area contributed by atoms with Gasteiger partial charge >= 0.3 is 0 Å². The molecule has 1 aromatic carbocycles. The van der Waals surface area contributed by atoms with E-state index in [1.807, 2.05) is 6.07 Å². The highest BCUT2D eigenvalue weighted by Gasteiger charge is 2.22. The van der Waals surface area contributed by atoms with Crippen molar-refractivity contribution in [1.82, 2.24) is 10.2 Å². The van der Waals surface area contributed by atoms with Crippen LogP contribution in [0.2, 0.25) is 0 Å². The molecule has 116 valence electrons. The number of guanidine groups is 1. The molecule has 0 unspecified atom stereocenters. The highest BCUT2D eigenvalue weighted by Crippen LogP contribution is 2.13. The molecule has 1 fully saturated rings. The van der Waals surface area contributed by atoms with Gasteiger partial charge in [0.25, 0.3) is 0 Å². The summed E-state index contributed by atoms with van der Waals surface area (Å²) in [4.78, 5) is 6.82. The molecule has 1 aromatic rings. The summed E-state index contributed by atoms with van der Waals surface area (Å²) in [6, 6.07) is 8.42. The van der Waals surface area contributed by atoms with Crippen LogP contribution < -0.4 is 5.32 Å². The fraction of sp³-hybridized carbons (Fsp3) is 0.562.